The fraction of sp³-hybridized carbons (Fsp3) is 0. The van der Waals surface area contributed by atoms with Crippen molar-refractivity contribution in [3.05, 3.63) is 200 Å². The molecule has 1 aromatic heterocycles. The molecule has 0 fully saturated rings. The van der Waals surface area contributed by atoms with Crippen LogP contribution >= 0.6 is 11.3 Å². The van der Waals surface area contributed by atoms with E-state index in [1.165, 1.54) is 64.7 Å². The van der Waals surface area contributed by atoms with Gasteiger partial charge < -0.3 is 4.90 Å². The maximum absolute atomic E-state index is 2.46. The molecule has 0 aliphatic carbocycles. The van der Waals surface area contributed by atoms with Crippen LogP contribution in [-0.4, -0.2) is 0 Å². The third kappa shape index (κ3) is 5.37. The number of hydrogen-bond donors (Lipinski definition) is 0. The Hall–Kier alpha value is -6.22. The highest BCUT2D eigenvalue weighted by Gasteiger charge is 2.23. The van der Waals surface area contributed by atoms with Gasteiger partial charge in [0.15, 0.2) is 0 Å². The number of hydrogen-bond acceptors (Lipinski definition) is 2. The molecule has 50 heavy (non-hydrogen) atoms. The van der Waals surface area contributed by atoms with Gasteiger partial charge in [-0.05, 0) is 69.8 Å². The van der Waals surface area contributed by atoms with Crippen molar-refractivity contribution in [2.75, 3.05) is 4.90 Å². The summed E-state index contributed by atoms with van der Waals surface area (Å²) < 4.78 is 2.60. The summed E-state index contributed by atoms with van der Waals surface area (Å²) in [5.41, 5.74) is 13.0. The molecule has 0 saturated heterocycles. The van der Waals surface area contributed by atoms with Gasteiger partial charge in [0.05, 0.1) is 11.4 Å². The average molecular weight is 656 g/mol. The third-order valence-corrected chi connectivity index (χ3v) is 10.7. The second kappa shape index (κ2) is 13.0. The summed E-state index contributed by atoms with van der Waals surface area (Å²) in [6, 6.07) is 72.4. The van der Waals surface area contributed by atoms with Gasteiger partial charge in [0.2, 0.25) is 0 Å². The van der Waals surface area contributed by atoms with Crippen molar-refractivity contribution in [3.8, 4) is 44.5 Å². The van der Waals surface area contributed by atoms with E-state index in [9.17, 15) is 0 Å². The Kier molecular flexibility index (Phi) is 7.77. The smallest absolute Gasteiger partial charge is 0.0540 e. The van der Waals surface area contributed by atoms with Gasteiger partial charge in [0, 0.05) is 37.0 Å². The molecule has 0 aliphatic rings. The first-order valence-electron chi connectivity index (χ1n) is 17.0. The summed E-state index contributed by atoms with van der Waals surface area (Å²) in [6.07, 6.45) is 0. The number of nitrogens with zero attached hydrogens (tertiary/aromatic N) is 1. The standard InChI is InChI=1S/C48H33NS/c1-3-17-34(18-4-1)37-21-7-8-23-39(37)40-24-9-10-25-41(40)42-26-12-15-29-46(42)49(45-28-14-11-22-38(45)35-19-5-2-6-20-35)36-31-32-48-44(33-36)43-27-13-16-30-47(43)50-48/h1-33H. The Balaban J connectivity index is 1.30. The van der Waals surface area contributed by atoms with E-state index in [1.54, 1.807) is 0 Å². The number of para-hydroxylation sites is 2. The first-order valence-corrected chi connectivity index (χ1v) is 17.8. The molecule has 0 bridgehead atoms. The molecule has 0 N–H and O–H groups in total. The molecular weight excluding hydrogens is 623 g/mol. The second-order valence-corrected chi connectivity index (χ2v) is 13.6. The van der Waals surface area contributed by atoms with Gasteiger partial charge in [-0.25, -0.2) is 0 Å². The predicted molar refractivity (Wildman–Crippen MR) is 216 cm³/mol. The van der Waals surface area contributed by atoms with Crippen LogP contribution in [0.5, 0.6) is 0 Å². The maximum atomic E-state index is 2.46. The largest absolute Gasteiger partial charge is 0.309 e. The maximum Gasteiger partial charge on any atom is 0.0540 e. The van der Waals surface area contributed by atoms with E-state index in [0.29, 0.717) is 0 Å². The van der Waals surface area contributed by atoms with Crippen molar-refractivity contribution in [3.63, 3.8) is 0 Å². The molecule has 8 aromatic carbocycles. The topological polar surface area (TPSA) is 3.24 Å². The van der Waals surface area contributed by atoms with Crippen molar-refractivity contribution >= 4 is 48.6 Å². The molecule has 0 aliphatic heterocycles. The van der Waals surface area contributed by atoms with Gasteiger partial charge in [-0.15, -0.1) is 11.3 Å². The summed E-state index contributed by atoms with van der Waals surface area (Å²) in [7, 11) is 0. The molecule has 0 saturated carbocycles. The Labute approximate surface area is 297 Å². The summed E-state index contributed by atoms with van der Waals surface area (Å²) in [5, 5.41) is 2.57. The van der Waals surface area contributed by atoms with Gasteiger partial charge >= 0.3 is 0 Å². The van der Waals surface area contributed by atoms with Crippen LogP contribution in [-0.2, 0) is 0 Å². The first kappa shape index (κ1) is 29.9. The normalized spacial score (nSPS) is 11.2. The minimum absolute atomic E-state index is 1.12. The van der Waals surface area contributed by atoms with Crippen molar-refractivity contribution in [2.45, 2.75) is 0 Å². The number of rotatable bonds is 7. The van der Waals surface area contributed by atoms with Gasteiger partial charge in [0.25, 0.3) is 0 Å². The van der Waals surface area contributed by atoms with Crippen molar-refractivity contribution in [1.29, 1.82) is 0 Å². The molecule has 1 nitrogen and oxygen atoms in total. The quantitative estimate of drug-likeness (QED) is 0.165. The highest BCUT2D eigenvalue weighted by molar-refractivity contribution is 7.25. The molecule has 0 spiro atoms. The van der Waals surface area contributed by atoms with Gasteiger partial charge in [-0.3, -0.25) is 0 Å². The summed E-state index contributed by atoms with van der Waals surface area (Å²) in [4.78, 5) is 2.46. The van der Waals surface area contributed by atoms with E-state index < -0.39 is 0 Å². The van der Waals surface area contributed by atoms with Crippen LogP contribution in [0.1, 0.15) is 0 Å². The summed E-state index contributed by atoms with van der Waals surface area (Å²) in [5.74, 6) is 0. The van der Waals surface area contributed by atoms with Crippen LogP contribution in [0, 0.1) is 0 Å². The zero-order valence-corrected chi connectivity index (χ0v) is 28.2. The van der Waals surface area contributed by atoms with Crippen LogP contribution in [0.15, 0.2) is 200 Å². The van der Waals surface area contributed by atoms with E-state index in [4.69, 9.17) is 0 Å². The lowest BCUT2D eigenvalue weighted by molar-refractivity contribution is 1.29. The molecule has 0 amide bonds. The molecule has 9 aromatic rings. The SMILES string of the molecule is c1ccc(-c2ccccc2-c2ccccc2-c2ccccc2N(c2ccc3sc4ccccc4c3c2)c2ccccc2-c2ccccc2)cc1. The fourth-order valence-corrected chi connectivity index (χ4v) is 8.31. The minimum Gasteiger partial charge on any atom is -0.309 e. The van der Waals surface area contributed by atoms with Gasteiger partial charge in [-0.1, -0.05) is 164 Å². The molecule has 9 rings (SSSR count). The van der Waals surface area contributed by atoms with Crippen molar-refractivity contribution in [1.82, 2.24) is 0 Å². The second-order valence-electron chi connectivity index (χ2n) is 12.5. The zero-order valence-electron chi connectivity index (χ0n) is 27.4. The summed E-state index contributed by atoms with van der Waals surface area (Å²) in [6.45, 7) is 0. The van der Waals surface area contributed by atoms with Crippen molar-refractivity contribution < 1.29 is 0 Å². The Morgan fingerprint density at radius 2 is 0.740 bits per heavy atom. The molecule has 1 heterocycles. The minimum atomic E-state index is 1.12. The lowest BCUT2D eigenvalue weighted by Crippen LogP contribution is -2.12. The molecule has 0 radical (unpaired) electrons. The molecule has 0 unspecified atom stereocenters. The average Bonchev–Trinajstić information content (AvgIpc) is 3.57. The molecule has 2 heteroatoms. The molecule has 236 valence electrons. The van der Waals surface area contributed by atoms with E-state index >= 15 is 0 Å². The third-order valence-electron chi connectivity index (χ3n) is 9.51. The summed E-state index contributed by atoms with van der Waals surface area (Å²) >= 11 is 1.85. The van der Waals surface area contributed by atoms with Crippen LogP contribution in [0.4, 0.5) is 17.1 Å². The lowest BCUT2D eigenvalue weighted by Gasteiger charge is -2.30. The van der Waals surface area contributed by atoms with E-state index in [0.717, 1.165) is 17.1 Å². The van der Waals surface area contributed by atoms with Gasteiger partial charge in [-0.2, -0.15) is 0 Å². The Morgan fingerprint density at radius 1 is 0.300 bits per heavy atom. The highest BCUT2D eigenvalue weighted by Crippen LogP contribution is 2.48. The Morgan fingerprint density at radius 3 is 1.42 bits per heavy atom. The van der Waals surface area contributed by atoms with Crippen LogP contribution in [0.25, 0.3) is 64.7 Å². The lowest BCUT2D eigenvalue weighted by atomic mass is 9.88. The van der Waals surface area contributed by atoms with E-state index in [2.05, 4.69) is 205 Å². The Bertz CT molecular complexity index is 2600. The zero-order chi connectivity index (χ0) is 33.3. The van der Waals surface area contributed by atoms with E-state index in [1.807, 2.05) is 11.3 Å². The number of anilines is 3. The highest BCUT2D eigenvalue weighted by atomic mass is 32.1. The molecular formula is C48H33NS. The van der Waals surface area contributed by atoms with Crippen LogP contribution < -0.4 is 4.90 Å². The van der Waals surface area contributed by atoms with Crippen molar-refractivity contribution in [2.24, 2.45) is 0 Å². The predicted octanol–water partition coefficient (Wildman–Crippen LogP) is 14.2. The molecule has 0 atom stereocenters. The first-order chi connectivity index (χ1) is 24.8. The van der Waals surface area contributed by atoms with Crippen LogP contribution in [0.2, 0.25) is 0 Å². The number of benzene rings is 8. The number of fused-ring (bicyclic) bond motifs is 3. The van der Waals surface area contributed by atoms with Gasteiger partial charge in [0.1, 0.15) is 0 Å². The van der Waals surface area contributed by atoms with Crippen LogP contribution in [0.3, 0.4) is 0 Å². The fourth-order valence-electron chi connectivity index (χ4n) is 7.23. The van der Waals surface area contributed by atoms with E-state index in [-0.39, 0.29) is 0 Å². The monoisotopic (exact) mass is 655 g/mol. The number of thiophene rings is 1.